The van der Waals surface area contributed by atoms with E-state index in [1.807, 2.05) is 19.2 Å². The van der Waals surface area contributed by atoms with Crippen molar-refractivity contribution in [3.63, 3.8) is 0 Å². The van der Waals surface area contributed by atoms with Crippen molar-refractivity contribution >= 4 is 11.3 Å². The molecule has 2 nitrogen and oxygen atoms in total. The van der Waals surface area contributed by atoms with Gasteiger partial charge in [-0.1, -0.05) is 12.1 Å². The quantitative estimate of drug-likeness (QED) is 0.887. The first-order chi connectivity index (χ1) is 9.86. The van der Waals surface area contributed by atoms with Gasteiger partial charge in [0.05, 0.1) is 16.3 Å². The number of nitrogens with one attached hydrogen (secondary N) is 1. The van der Waals surface area contributed by atoms with E-state index in [4.69, 9.17) is 0 Å². The second kappa shape index (κ2) is 6.58. The van der Waals surface area contributed by atoms with Crippen molar-refractivity contribution < 1.29 is 13.2 Å². The van der Waals surface area contributed by atoms with Crippen molar-refractivity contribution in [2.45, 2.75) is 32.5 Å². The van der Waals surface area contributed by atoms with Crippen LogP contribution in [0.25, 0.3) is 0 Å². The molecule has 1 atom stereocenters. The number of alkyl halides is 3. The topological polar surface area (TPSA) is 24.9 Å². The summed E-state index contributed by atoms with van der Waals surface area (Å²) in [4.78, 5) is 4.36. The molecule has 0 amide bonds. The maximum absolute atomic E-state index is 12.7. The molecule has 0 aliphatic rings. The smallest absolute Gasteiger partial charge is 0.310 e. The van der Waals surface area contributed by atoms with Crippen LogP contribution in [0.2, 0.25) is 0 Å². The summed E-state index contributed by atoms with van der Waals surface area (Å²) in [6.45, 7) is 4.50. The summed E-state index contributed by atoms with van der Waals surface area (Å²) in [7, 11) is 0. The van der Waals surface area contributed by atoms with Crippen LogP contribution in [0.1, 0.15) is 34.8 Å². The Balaban J connectivity index is 1.92. The van der Waals surface area contributed by atoms with Crippen molar-refractivity contribution in [3.8, 4) is 0 Å². The Kier molecular flexibility index (Phi) is 5.00. The highest BCUT2D eigenvalue weighted by molar-refractivity contribution is 7.09. The molecule has 2 aromatic rings. The molecule has 1 N–H and O–H groups in total. The number of aromatic nitrogens is 1. The molecule has 0 fully saturated rings. The second-order valence-electron chi connectivity index (χ2n) is 4.91. The van der Waals surface area contributed by atoms with Gasteiger partial charge in [0.2, 0.25) is 0 Å². The molecule has 1 aromatic carbocycles. The number of benzene rings is 1. The Bertz CT molecular complexity index is 593. The predicted octanol–water partition coefficient (Wildman–Crippen LogP) is 4.36. The van der Waals surface area contributed by atoms with E-state index >= 15 is 0 Å². The Morgan fingerprint density at radius 2 is 2.10 bits per heavy atom. The fraction of sp³-hybridized carbons (Fsp3) is 0.400. The monoisotopic (exact) mass is 314 g/mol. The number of aryl methyl sites for hydroxylation is 1. The van der Waals surface area contributed by atoms with Gasteiger partial charge in [0, 0.05) is 24.4 Å². The molecule has 0 saturated heterocycles. The van der Waals surface area contributed by atoms with Crippen molar-refractivity contribution in [1.82, 2.24) is 10.3 Å². The number of rotatable bonds is 5. The van der Waals surface area contributed by atoms with Gasteiger partial charge in [0.15, 0.2) is 0 Å². The molecule has 0 bridgehead atoms. The largest absolute Gasteiger partial charge is 0.416 e. The number of hydrogen-bond donors (Lipinski definition) is 1. The van der Waals surface area contributed by atoms with E-state index in [9.17, 15) is 13.2 Å². The minimum Gasteiger partial charge on any atom is -0.310 e. The maximum Gasteiger partial charge on any atom is 0.416 e. The normalized spacial score (nSPS) is 13.4. The summed E-state index contributed by atoms with van der Waals surface area (Å²) in [6, 6.07) is 5.31. The van der Waals surface area contributed by atoms with Crippen molar-refractivity contribution in [2.24, 2.45) is 0 Å². The number of thiazole rings is 1. The van der Waals surface area contributed by atoms with Crippen LogP contribution in [0.3, 0.4) is 0 Å². The lowest BCUT2D eigenvalue weighted by Gasteiger charge is -2.16. The van der Waals surface area contributed by atoms with Gasteiger partial charge in [-0.05, 0) is 31.5 Å². The average molecular weight is 314 g/mol. The first-order valence-electron chi connectivity index (χ1n) is 6.68. The van der Waals surface area contributed by atoms with Crippen LogP contribution < -0.4 is 5.32 Å². The van der Waals surface area contributed by atoms with Crippen LogP contribution in [0, 0.1) is 6.92 Å². The lowest BCUT2D eigenvalue weighted by Crippen LogP contribution is -2.22. The average Bonchev–Trinajstić information content (AvgIpc) is 2.83. The van der Waals surface area contributed by atoms with Gasteiger partial charge in [-0.25, -0.2) is 4.98 Å². The molecule has 0 spiro atoms. The molecule has 0 radical (unpaired) electrons. The molecule has 114 valence electrons. The van der Waals surface area contributed by atoms with Gasteiger partial charge in [-0.15, -0.1) is 11.3 Å². The minimum absolute atomic E-state index is 0.132. The van der Waals surface area contributed by atoms with Gasteiger partial charge >= 0.3 is 6.18 Å². The fourth-order valence-corrected chi connectivity index (χ4v) is 2.69. The third kappa shape index (κ3) is 4.54. The van der Waals surface area contributed by atoms with Crippen LogP contribution in [-0.4, -0.2) is 11.5 Å². The van der Waals surface area contributed by atoms with E-state index < -0.39 is 11.7 Å². The molecule has 1 heterocycles. The van der Waals surface area contributed by atoms with E-state index in [-0.39, 0.29) is 6.04 Å². The fourth-order valence-electron chi connectivity index (χ4n) is 2.04. The number of halogens is 3. The van der Waals surface area contributed by atoms with Crippen LogP contribution in [0.5, 0.6) is 0 Å². The molecule has 21 heavy (non-hydrogen) atoms. The van der Waals surface area contributed by atoms with Crippen molar-refractivity contribution in [1.29, 1.82) is 0 Å². The first kappa shape index (κ1) is 16.0. The standard InChI is InChI=1S/C15H17F3N2S/c1-10(19-7-6-14-9-21-11(2)20-14)12-4-3-5-13(8-12)15(16,17)18/h3-5,8-10,19H,6-7H2,1-2H3. The minimum atomic E-state index is -4.30. The lowest BCUT2D eigenvalue weighted by atomic mass is 10.0. The maximum atomic E-state index is 12.7. The van der Waals surface area contributed by atoms with Crippen molar-refractivity contribution in [2.75, 3.05) is 6.54 Å². The zero-order valence-electron chi connectivity index (χ0n) is 11.9. The number of hydrogen-bond acceptors (Lipinski definition) is 3. The second-order valence-corrected chi connectivity index (χ2v) is 5.97. The van der Waals surface area contributed by atoms with Gasteiger partial charge in [0.1, 0.15) is 0 Å². The third-order valence-electron chi connectivity index (χ3n) is 3.21. The third-order valence-corrected chi connectivity index (χ3v) is 4.03. The summed E-state index contributed by atoms with van der Waals surface area (Å²) in [5.74, 6) is 0. The van der Waals surface area contributed by atoms with Gasteiger partial charge in [-0.2, -0.15) is 13.2 Å². The summed E-state index contributed by atoms with van der Waals surface area (Å²) >= 11 is 1.60. The summed E-state index contributed by atoms with van der Waals surface area (Å²) in [5.41, 5.74) is 1.05. The van der Waals surface area contributed by atoms with E-state index in [2.05, 4.69) is 10.3 Å². The molecule has 2 rings (SSSR count). The Morgan fingerprint density at radius 1 is 1.33 bits per heavy atom. The Hall–Kier alpha value is -1.40. The highest BCUT2D eigenvalue weighted by atomic mass is 32.1. The molecule has 6 heteroatoms. The van der Waals surface area contributed by atoms with E-state index in [1.54, 1.807) is 17.4 Å². The molecular weight excluding hydrogens is 297 g/mol. The highest BCUT2D eigenvalue weighted by Crippen LogP contribution is 2.30. The van der Waals surface area contributed by atoms with Gasteiger partial charge < -0.3 is 5.32 Å². The van der Waals surface area contributed by atoms with E-state index in [0.29, 0.717) is 12.1 Å². The van der Waals surface area contributed by atoms with Crippen LogP contribution in [0.15, 0.2) is 29.6 Å². The molecular formula is C15H17F3N2S. The molecule has 1 unspecified atom stereocenters. The zero-order valence-corrected chi connectivity index (χ0v) is 12.7. The summed E-state index contributed by atoms with van der Waals surface area (Å²) in [5, 5.41) is 6.26. The molecule has 0 saturated carbocycles. The van der Waals surface area contributed by atoms with Gasteiger partial charge in [-0.3, -0.25) is 0 Å². The molecule has 0 aliphatic heterocycles. The highest BCUT2D eigenvalue weighted by Gasteiger charge is 2.30. The Labute approximate surface area is 126 Å². The zero-order chi connectivity index (χ0) is 15.5. The molecule has 0 aliphatic carbocycles. The Morgan fingerprint density at radius 3 is 2.71 bits per heavy atom. The molecule has 1 aromatic heterocycles. The number of nitrogens with zero attached hydrogens (tertiary/aromatic N) is 1. The van der Waals surface area contributed by atoms with Crippen molar-refractivity contribution in [3.05, 3.63) is 51.5 Å². The summed E-state index contributed by atoms with van der Waals surface area (Å²) < 4.78 is 38.0. The van der Waals surface area contributed by atoms with Gasteiger partial charge in [0.25, 0.3) is 0 Å². The summed E-state index contributed by atoms with van der Waals surface area (Å²) in [6.07, 6.45) is -3.53. The van der Waals surface area contributed by atoms with Crippen LogP contribution in [0.4, 0.5) is 13.2 Å². The first-order valence-corrected chi connectivity index (χ1v) is 7.56. The lowest BCUT2D eigenvalue weighted by molar-refractivity contribution is -0.137. The van der Waals surface area contributed by atoms with Crippen LogP contribution in [-0.2, 0) is 12.6 Å². The van der Waals surface area contributed by atoms with E-state index in [0.717, 1.165) is 23.2 Å². The van der Waals surface area contributed by atoms with Crippen LogP contribution >= 0.6 is 11.3 Å². The van der Waals surface area contributed by atoms with E-state index in [1.165, 1.54) is 12.1 Å². The predicted molar refractivity (Wildman–Crippen MR) is 78.4 cm³/mol. The SMILES string of the molecule is Cc1nc(CCNC(C)c2cccc(C(F)(F)F)c2)cs1.